The van der Waals surface area contributed by atoms with Crippen molar-refractivity contribution in [2.45, 2.75) is 26.8 Å². The molecule has 1 amide bonds. The average molecular weight is 488 g/mol. The molecular formula is C26H26ClN7O. The SMILES string of the molecule is Cc1ccc(Nc2nc(Nc3ccc(C)cc3)nc(NC(C)C(=O)Nc3cccc(Cl)c3)n2)cc1. The summed E-state index contributed by atoms with van der Waals surface area (Å²) >= 11 is 6.01. The lowest BCUT2D eigenvalue weighted by atomic mass is 10.2. The van der Waals surface area contributed by atoms with Gasteiger partial charge in [0, 0.05) is 22.1 Å². The third-order valence-electron chi connectivity index (χ3n) is 5.08. The predicted molar refractivity (Wildman–Crippen MR) is 142 cm³/mol. The van der Waals surface area contributed by atoms with E-state index in [1.165, 1.54) is 0 Å². The Hall–Kier alpha value is -4.17. The van der Waals surface area contributed by atoms with Crippen molar-refractivity contribution in [3.63, 3.8) is 0 Å². The summed E-state index contributed by atoms with van der Waals surface area (Å²) in [5, 5.41) is 12.8. The highest BCUT2D eigenvalue weighted by Crippen LogP contribution is 2.20. The van der Waals surface area contributed by atoms with Crippen molar-refractivity contribution in [3.8, 4) is 0 Å². The molecule has 1 aromatic heterocycles. The van der Waals surface area contributed by atoms with Crippen LogP contribution in [-0.2, 0) is 4.79 Å². The van der Waals surface area contributed by atoms with E-state index >= 15 is 0 Å². The Morgan fingerprint density at radius 3 is 1.77 bits per heavy atom. The Bertz CT molecular complexity index is 1240. The largest absolute Gasteiger partial charge is 0.342 e. The molecule has 0 radical (unpaired) electrons. The molecule has 8 nitrogen and oxygen atoms in total. The van der Waals surface area contributed by atoms with Crippen molar-refractivity contribution in [1.82, 2.24) is 15.0 Å². The highest BCUT2D eigenvalue weighted by molar-refractivity contribution is 6.30. The van der Waals surface area contributed by atoms with Crippen LogP contribution >= 0.6 is 11.6 Å². The molecule has 0 aliphatic carbocycles. The molecule has 3 aromatic carbocycles. The van der Waals surface area contributed by atoms with Gasteiger partial charge in [-0.25, -0.2) is 0 Å². The summed E-state index contributed by atoms with van der Waals surface area (Å²) in [6.07, 6.45) is 0. The number of amides is 1. The Balaban J connectivity index is 1.55. The van der Waals surface area contributed by atoms with Crippen LogP contribution in [-0.4, -0.2) is 26.9 Å². The van der Waals surface area contributed by atoms with E-state index in [1.54, 1.807) is 31.2 Å². The van der Waals surface area contributed by atoms with Gasteiger partial charge >= 0.3 is 0 Å². The van der Waals surface area contributed by atoms with Crippen molar-refractivity contribution < 1.29 is 4.79 Å². The van der Waals surface area contributed by atoms with Crippen LogP contribution in [0.1, 0.15) is 18.1 Å². The van der Waals surface area contributed by atoms with Crippen LogP contribution in [0.15, 0.2) is 72.8 Å². The fraction of sp³-hybridized carbons (Fsp3) is 0.154. The lowest BCUT2D eigenvalue weighted by Gasteiger charge is -2.16. The van der Waals surface area contributed by atoms with Gasteiger partial charge in [-0.15, -0.1) is 0 Å². The molecule has 0 spiro atoms. The van der Waals surface area contributed by atoms with E-state index in [1.807, 2.05) is 62.4 Å². The number of benzene rings is 3. The molecule has 4 aromatic rings. The lowest BCUT2D eigenvalue weighted by Crippen LogP contribution is -2.32. The highest BCUT2D eigenvalue weighted by Gasteiger charge is 2.16. The number of halogens is 1. The van der Waals surface area contributed by atoms with E-state index in [4.69, 9.17) is 11.6 Å². The summed E-state index contributed by atoms with van der Waals surface area (Å²) in [6.45, 7) is 5.77. The van der Waals surface area contributed by atoms with E-state index in [2.05, 4.69) is 36.2 Å². The standard InChI is InChI=1S/C26H26ClN7O/c1-16-7-11-20(12-8-16)30-25-32-24(33-26(34-25)31-21-13-9-17(2)10-14-21)28-18(3)23(35)29-22-6-4-5-19(27)15-22/h4-15,18H,1-3H3,(H,29,35)(H3,28,30,31,32,33,34). The fourth-order valence-electron chi connectivity index (χ4n) is 3.16. The van der Waals surface area contributed by atoms with Gasteiger partial charge < -0.3 is 21.3 Å². The first-order valence-electron chi connectivity index (χ1n) is 11.1. The van der Waals surface area contributed by atoms with Crippen molar-refractivity contribution in [1.29, 1.82) is 0 Å². The minimum atomic E-state index is -0.629. The van der Waals surface area contributed by atoms with Gasteiger partial charge in [0.25, 0.3) is 0 Å². The zero-order chi connectivity index (χ0) is 24.8. The number of aryl methyl sites for hydroxylation is 2. The molecule has 1 atom stereocenters. The number of anilines is 6. The van der Waals surface area contributed by atoms with Crippen LogP contribution in [0.25, 0.3) is 0 Å². The number of rotatable bonds is 8. The van der Waals surface area contributed by atoms with E-state index in [0.29, 0.717) is 22.6 Å². The van der Waals surface area contributed by atoms with Crippen LogP contribution in [0.3, 0.4) is 0 Å². The van der Waals surface area contributed by atoms with Crippen molar-refractivity contribution in [3.05, 3.63) is 88.9 Å². The van der Waals surface area contributed by atoms with Gasteiger partial charge in [-0.3, -0.25) is 4.79 Å². The van der Waals surface area contributed by atoms with Gasteiger partial charge in [0.1, 0.15) is 6.04 Å². The third-order valence-corrected chi connectivity index (χ3v) is 5.32. The third kappa shape index (κ3) is 6.91. The zero-order valence-corrected chi connectivity index (χ0v) is 20.4. The van der Waals surface area contributed by atoms with Gasteiger partial charge in [0.15, 0.2) is 0 Å². The summed E-state index contributed by atoms with van der Waals surface area (Å²) in [7, 11) is 0. The van der Waals surface area contributed by atoms with Gasteiger partial charge in [-0.2, -0.15) is 15.0 Å². The van der Waals surface area contributed by atoms with Crippen molar-refractivity contribution >= 4 is 52.4 Å². The number of hydrogen-bond acceptors (Lipinski definition) is 7. The van der Waals surface area contributed by atoms with E-state index in [-0.39, 0.29) is 11.9 Å². The quantitative estimate of drug-likeness (QED) is 0.239. The number of carbonyl (C=O) groups excluding carboxylic acids is 1. The lowest BCUT2D eigenvalue weighted by molar-refractivity contribution is -0.116. The predicted octanol–water partition coefficient (Wildman–Crippen LogP) is 6.07. The smallest absolute Gasteiger partial charge is 0.246 e. The number of aromatic nitrogens is 3. The molecule has 0 fully saturated rings. The molecule has 1 heterocycles. The second-order valence-electron chi connectivity index (χ2n) is 8.15. The summed E-state index contributed by atoms with van der Waals surface area (Å²) in [5.41, 5.74) is 4.57. The molecule has 0 aliphatic heterocycles. The van der Waals surface area contributed by atoms with Gasteiger partial charge in [0.2, 0.25) is 23.8 Å². The number of nitrogens with zero attached hydrogens (tertiary/aromatic N) is 3. The van der Waals surface area contributed by atoms with Crippen molar-refractivity contribution in [2.24, 2.45) is 0 Å². The van der Waals surface area contributed by atoms with Gasteiger partial charge in [0.05, 0.1) is 0 Å². The zero-order valence-electron chi connectivity index (χ0n) is 19.6. The molecule has 178 valence electrons. The van der Waals surface area contributed by atoms with Crippen LogP contribution in [0.5, 0.6) is 0 Å². The molecule has 4 N–H and O–H groups in total. The number of hydrogen-bond donors (Lipinski definition) is 4. The molecule has 0 saturated carbocycles. The minimum absolute atomic E-state index is 0.248. The van der Waals surface area contributed by atoms with Crippen LogP contribution < -0.4 is 21.3 Å². The topological polar surface area (TPSA) is 104 Å². The first kappa shape index (κ1) is 24.0. The van der Waals surface area contributed by atoms with E-state index in [0.717, 1.165) is 22.5 Å². The molecule has 0 bridgehead atoms. The first-order valence-corrected chi connectivity index (χ1v) is 11.5. The van der Waals surface area contributed by atoms with Gasteiger partial charge in [-0.1, -0.05) is 53.1 Å². The summed E-state index contributed by atoms with van der Waals surface area (Å²) in [4.78, 5) is 26.2. The highest BCUT2D eigenvalue weighted by atomic mass is 35.5. The summed E-state index contributed by atoms with van der Waals surface area (Å²) in [5.74, 6) is 0.665. The van der Waals surface area contributed by atoms with E-state index in [9.17, 15) is 4.79 Å². The summed E-state index contributed by atoms with van der Waals surface area (Å²) in [6, 6.07) is 22.1. The maximum atomic E-state index is 12.7. The van der Waals surface area contributed by atoms with Crippen LogP contribution in [0.2, 0.25) is 5.02 Å². The van der Waals surface area contributed by atoms with Crippen molar-refractivity contribution in [2.75, 3.05) is 21.3 Å². The summed E-state index contributed by atoms with van der Waals surface area (Å²) < 4.78 is 0. The molecule has 35 heavy (non-hydrogen) atoms. The molecule has 0 aliphatic rings. The first-order chi connectivity index (χ1) is 16.8. The molecule has 0 saturated heterocycles. The maximum absolute atomic E-state index is 12.7. The minimum Gasteiger partial charge on any atom is -0.342 e. The monoisotopic (exact) mass is 487 g/mol. The van der Waals surface area contributed by atoms with E-state index < -0.39 is 6.04 Å². The maximum Gasteiger partial charge on any atom is 0.246 e. The molecule has 4 rings (SSSR count). The second-order valence-corrected chi connectivity index (χ2v) is 8.59. The molecule has 9 heteroatoms. The second kappa shape index (κ2) is 10.8. The Labute approximate surface area is 209 Å². The average Bonchev–Trinajstić information content (AvgIpc) is 2.82. The van der Waals surface area contributed by atoms with Crippen LogP contribution in [0.4, 0.5) is 34.9 Å². The Kier molecular flexibility index (Phi) is 7.42. The Morgan fingerprint density at radius 2 is 1.26 bits per heavy atom. The van der Waals surface area contributed by atoms with Gasteiger partial charge in [-0.05, 0) is 63.2 Å². The van der Waals surface area contributed by atoms with Crippen LogP contribution in [0, 0.1) is 13.8 Å². The number of nitrogens with one attached hydrogen (secondary N) is 4. The normalized spacial score (nSPS) is 11.4. The number of carbonyl (C=O) groups is 1. The fourth-order valence-corrected chi connectivity index (χ4v) is 3.35. The molecule has 1 unspecified atom stereocenters. The molecular weight excluding hydrogens is 462 g/mol. The Morgan fingerprint density at radius 1 is 0.743 bits per heavy atom.